The average molecular weight is 313 g/mol. The van der Waals surface area contributed by atoms with E-state index in [9.17, 15) is 0 Å². The Morgan fingerprint density at radius 2 is 2.06 bits per heavy atom. The van der Waals surface area contributed by atoms with Crippen molar-refractivity contribution in [1.82, 2.24) is 10.2 Å². The highest BCUT2D eigenvalue weighted by molar-refractivity contribution is 9.10. The van der Waals surface area contributed by atoms with Crippen molar-refractivity contribution in [3.05, 3.63) is 33.8 Å². The van der Waals surface area contributed by atoms with Gasteiger partial charge in [-0.3, -0.25) is 0 Å². The molecule has 0 aliphatic heterocycles. The van der Waals surface area contributed by atoms with Gasteiger partial charge in [-0.05, 0) is 44.3 Å². The second-order valence-corrected chi connectivity index (χ2v) is 5.76. The number of halogens is 1. The monoisotopic (exact) mass is 312 g/mol. The summed E-state index contributed by atoms with van der Waals surface area (Å²) in [5.41, 5.74) is 2.69. The molecule has 0 unspecified atom stereocenters. The summed E-state index contributed by atoms with van der Waals surface area (Å²) >= 11 is 3.67. The predicted molar refractivity (Wildman–Crippen MR) is 82.8 cm³/mol. The van der Waals surface area contributed by atoms with E-state index in [0.29, 0.717) is 0 Å². The third kappa shape index (κ3) is 5.51. The molecule has 0 spiro atoms. The second kappa shape index (κ2) is 8.68. The van der Waals surface area contributed by atoms with Crippen molar-refractivity contribution < 1.29 is 0 Å². The zero-order valence-corrected chi connectivity index (χ0v) is 13.4. The van der Waals surface area contributed by atoms with Gasteiger partial charge in [-0.25, -0.2) is 0 Å². The van der Waals surface area contributed by atoms with E-state index >= 15 is 0 Å². The van der Waals surface area contributed by atoms with E-state index in [4.69, 9.17) is 0 Å². The van der Waals surface area contributed by atoms with Gasteiger partial charge in [-0.1, -0.05) is 47.8 Å². The summed E-state index contributed by atoms with van der Waals surface area (Å²) < 4.78 is 1.22. The van der Waals surface area contributed by atoms with Crippen molar-refractivity contribution >= 4 is 15.9 Å². The number of hydrogen-bond acceptors (Lipinski definition) is 2. The number of unbranched alkanes of at least 4 members (excludes halogenated alkanes) is 2. The van der Waals surface area contributed by atoms with Crippen molar-refractivity contribution in [2.75, 3.05) is 20.6 Å². The highest BCUT2D eigenvalue weighted by atomic mass is 79.9. The molecule has 0 aromatic heterocycles. The first-order valence-electron chi connectivity index (χ1n) is 6.77. The molecule has 1 aromatic rings. The van der Waals surface area contributed by atoms with E-state index in [0.717, 1.165) is 13.1 Å². The van der Waals surface area contributed by atoms with Crippen LogP contribution in [0.3, 0.4) is 0 Å². The maximum absolute atomic E-state index is 3.67. The van der Waals surface area contributed by atoms with Crippen LogP contribution in [0.15, 0.2) is 22.7 Å². The minimum atomic E-state index is 0.922. The molecule has 3 heteroatoms. The van der Waals surface area contributed by atoms with E-state index < -0.39 is 0 Å². The Kier molecular flexibility index (Phi) is 7.56. The molecule has 0 heterocycles. The van der Waals surface area contributed by atoms with Gasteiger partial charge in [0.05, 0.1) is 0 Å². The zero-order chi connectivity index (χ0) is 13.4. The van der Waals surface area contributed by atoms with Crippen LogP contribution in [0.1, 0.15) is 37.3 Å². The second-order valence-electron chi connectivity index (χ2n) is 4.90. The van der Waals surface area contributed by atoms with E-state index in [2.05, 4.69) is 58.3 Å². The number of nitrogens with one attached hydrogen (secondary N) is 1. The van der Waals surface area contributed by atoms with Crippen molar-refractivity contribution in [2.24, 2.45) is 0 Å². The van der Waals surface area contributed by atoms with Gasteiger partial charge >= 0.3 is 0 Å². The van der Waals surface area contributed by atoms with E-state index in [-0.39, 0.29) is 0 Å². The minimum absolute atomic E-state index is 0.922. The average Bonchev–Trinajstić information content (AvgIpc) is 2.33. The molecule has 0 bridgehead atoms. The fourth-order valence-corrected chi connectivity index (χ4v) is 2.59. The molecule has 0 fully saturated rings. The minimum Gasteiger partial charge on any atom is -0.316 e. The van der Waals surface area contributed by atoms with Gasteiger partial charge in [0.15, 0.2) is 0 Å². The van der Waals surface area contributed by atoms with Crippen LogP contribution in [-0.2, 0) is 13.1 Å². The zero-order valence-electron chi connectivity index (χ0n) is 11.8. The SMILES string of the molecule is CCCCCN(C)Cc1ccc(CNC)cc1Br. The van der Waals surface area contributed by atoms with Crippen LogP contribution in [0.25, 0.3) is 0 Å². The normalized spacial score (nSPS) is 11.2. The van der Waals surface area contributed by atoms with Crippen LogP contribution in [0, 0.1) is 0 Å². The Morgan fingerprint density at radius 1 is 1.28 bits per heavy atom. The summed E-state index contributed by atoms with van der Waals surface area (Å²) in [5.74, 6) is 0. The number of nitrogens with zero attached hydrogens (tertiary/aromatic N) is 1. The Hall–Kier alpha value is -0.380. The smallest absolute Gasteiger partial charge is 0.0241 e. The Bertz CT molecular complexity index is 352. The van der Waals surface area contributed by atoms with Crippen molar-refractivity contribution in [3.63, 3.8) is 0 Å². The molecule has 2 nitrogen and oxygen atoms in total. The van der Waals surface area contributed by atoms with E-state index in [1.54, 1.807) is 0 Å². The molecule has 1 rings (SSSR count). The van der Waals surface area contributed by atoms with Gasteiger partial charge in [0.1, 0.15) is 0 Å². The highest BCUT2D eigenvalue weighted by Crippen LogP contribution is 2.20. The van der Waals surface area contributed by atoms with E-state index in [1.165, 1.54) is 41.4 Å². The Labute approximate surface area is 120 Å². The third-order valence-corrected chi connectivity index (χ3v) is 3.82. The van der Waals surface area contributed by atoms with Crippen molar-refractivity contribution in [2.45, 2.75) is 39.3 Å². The quantitative estimate of drug-likeness (QED) is 0.735. The van der Waals surface area contributed by atoms with Gasteiger partial charge < -0.3 is 10.2 Å². The van der Waals surface area contributed by atoms with Gasteiger partial charge in [0.2, 0.25) is 0 Å². The Balaban J connectivity index is 2.51. The molecular weight excluding hydrogens is 288 g/mol. The predicted octanol–water partition coefficient (Wildman–Crippen LogP) is 3.79. The highest BCUT2D eigenvalue weighted by Gasteiger charge is 2.05. The lowest BCUT2D eigenvalue weighted by atomic mass is 10.1. The molecule has 0 aliphatic rings. The molecular formula is C15H25BrN2. The molecule has 18 heavy (non-hydrogen) atoms. The lowest BCUT2D eigenvalue weighted by molar-refractivity contribution is 0.317. The van der Waals surface area contributed by atoms with Crippen LogP contribution < -0.4 is 5.32 Å². The molecule has 1 aromatic carbocycles. The van der Waals surface area contributed by atoms with Crippen LogP contribution in [0.5, 0.6) is 0 Å². The number of hydrogen-bond donors (Lipinski definition) is 1. The molecule has 0 radical (unpaired) electrons. The van der Waals surface area contributed by atoms with Crippen LogP contribution >= 0.6 is 15.9 Å². The lowest BCUT2D eigenvalue weighted by Crippen LogP contribution is -2.19. The fraction of sp³-hybridized carbons (Fsp3) is 0.600. The topological polar surface area (TPSA) is 15.3 Å². The first-order chi connectivity index (χ1) is 8.67. The molecule has 0 atom stereocenters. The van der Waals surface area contributed by atoms with Crippen LogP contribution in [0.2, 0.25) is 0 Å². The molecule has 1 N–H and O–H groups in total. The van der Waals surface area contributed by atoms with Gasteiger partial charge in [-0.2, -0.15) is 0 Å². The Morgan fingerprint density at radius 3 is 2.67 bits per heavy atom. The van der Waals surface area contributed by atoms with Gasteiger partial charge in [0.25, 0.3) is 0 Å². The molecule has 0 saturated heterocycles. The van der Waals surface area contributed by atoms with Crippen molar-refractivity contribution in [1.29, 1.82) is 0 Å². The van der Waals surface area contributed by atoms with Crippen molar-refractivity contribution in [3.8, 4) is 0 Å². The summed E-state index contributed by atoms with van der Waals surface area (Å²) in [5, 5.41) is 3.17. The van der Waals surface area contributed by atoms with Crippen LogP contribution in [-0.4, -0.2) is 25.5 Å². The standard InChI is InChI=1S/C15H25BrN2/c1-4-5-6-9-18(3)12-14-8-7-13(11-17-2)10-15(14)16/h7-8,10,17H,4-6,9,11-12H2,1-3H3. The lowest BCUT2D eigenvalue weighted by Gasteiger charge is -2.17. The summed E-state index contributed by atoms with van der Waals surface area (Å²) in [4.78, 5) is 2.40. The molecule has 0 amide bonds. The maximum atomic E-state index is 3.67. The number of benzene rings is 1. The fourth-order valence-electron chi connectivity index (χ4n) is 2.03. The number of rotatable bonds is 8. The molecule has 0 saturated carbocycles. The first-order valence-corrected chi connectivity index (χ1v) is 7.57. The van der Waals surface area contributed by atoms with Gasteiger partial charge in [0, 0.05) is 17.6 Å². The van der Waals surface area contributed by atoms with Gasteiger partial charge in [-0.15, -0.1) is 0 Å². The molecule has 0 aliphatic carbocycles. The summed E-state index contributed by atoms with van der Waals surface area (Å²) in [6.07, 6.45) is 3.91. The largest absolute Gasteiger partial charge is 0.316 e. The third-order valence-electron chi connectivity index (χ3n) is 3.08. The first kappa shape index (κ1) is 15.7. The summed E-state index contributed by atoms with van der Waals surface area (Å²) in [7, 11) is 4.17. The summed E-state index contributed by atoms with van der Waals surface area (Å²) in [6.45, 7) is 5.37. The summed E-state index contributed by atoms with van der Waals surface area (Å²) in [6, 6.07) is 6.65. The molecule has 102 valence electrons. The van der Waals surface area contributed by atoms with E-state index in [1.807, 2.05) is 7.05 Å². The van der Waals surface area contributed by atoms with Crippen LogP contribution in [0.4, 0.5) is 0 Å². The maximum Gasteiger partial charge on any atom is 0.0241 e.